The molecule has 3 saturated carbocycles. The Balaban J connectivity index is 1.26. The molecule has 0 unspecified atom stereocenters. The van der Waals surface area contributed by atoms with Crippen molar-refractivity contribution in [2.45, 2.75) is 57.1 Å². The van der Waals surface area contributed by atoms with Crippen molar-refractivity contribution in [2.24, 2.45) is 23.7 Å². The van der Waals surface area contributed by atoms with Gasteiger partial charge in [-0.25, -0.2) is 4.98 Å². The van der Waals surface area contributed by atoms with E-state index in [-0.39, 0.29) is 24.0 Å². The quantitative estimate of drug-likeness (QED) is 0.757. The van der Waals surface area contributed by atoms with E-state index in [1.807, 2.05) is 0 Å². The maximum atomic E-state index is 12.6. The monoisotopic (exact) mass is 400 g/mol. The van der Waals surface area contributed by atoms with Crippen molar-refractivity contribution in [2.75, 3.05) is 31.7 Å². The van der Waals surface area contributed by atoms with E-state index in [0.717, 1.165) is 57.2 Å². The first-order valence-corrected chi connectivity index (χ1v) is 11.2. The van der Waals surface area contributed by atoms with E-state index in [4.69, 9.17) is 9.47 Å². The minimum absolute atomic E-state index is 0.132. The molecule has 0 spiro atoms. The SMILES string of the molecule is COc1ccnc(N2C[C@H]3C[C@H](OCC4CC4)[C@@H](NC(=O)C4CCC4)C[C@H]3C2)n1. The second-order valence-corrected chi connectivity index (χ2v) is 9.35. The summed E-state index contributed by atoms with van der Waals surface area (Å²) in [5.41, 5.74) is 0. The summed E-state index contributed by atoms with van der Waals surface area (Å²) in [6.07, 6.45) is 9.73. The zero-order valence-corrected chi connectivity index (χ0v) is 17.3. The third-order valence-electron chi connectivity index (χ3n) is 7.27. The van der Waals surface area contributed by atoms with Gasteiger partial charge in [-0.05, 0) is 56.3 Å². The molecule has 1 aromatic rings. The molecule has 4 aliphatic rings. The highest BCUT2D eigenvalue weighted by molar-refractivity contribution is 5.79. The van der Waals surface area contributed by atoms with Crippen molar-refractivity contribution in [3.8, 4) is 5.88 Å². The van der Waals surface area contributed by atoms with Crippen LogP contribution in [0.5, 0.6) is 5.88 Å². The Kier molecular flexibility index (Phi) is 5.33. The maximum Gasteiger partial charge on any atom is 0.228 e. The number of carbonyl (C=O) groups is 1. The molecule has 1 N–H and O–H groups in total. The van der Waals surface area contributed by atoms with Crippen molar-refractivity contribution >= 4 is 11.9 Å². The molecular weight excluding hydrogens is 368 g/mol. The van der Waals surface area contributed by atoms with Crippen LogP contribution in [-0.2, 0) is 9.53 Å². The summed E-state index contributed by atoms with van der Waals surface area (Å²) in [4.78, 5) is 23.9. The number of methoxy groups -OCH3 is 1. The minimum atomic E-state index is 0.132. The van der Waals surface area contributed by atoms with Gasteiger partial charge in [0.1, 0.15) is 0 Å². The number of hydrogen-bond donors (Lipinski definition) is 1. The Bertz CT molecular complexity index is 737. The molecule has 4 atom stereocenters. The van der Waals surface area contributed by atoms with Gasteiger partial charge in [-0.2, -0.15) is 4.98 Å². The fourth-order valence-electron chi connectivity index (χ4n) is 5.03. The number of rotatable bonds is 7. The molecule has 158 valence electrons. The van der Waals surface area contributed by atoms with Crippen LogP contribution >= 0.6 is 0 Å². The van der Waals surface area contributed by atoms with E-state index < -0.39 is 0 Å². The first kappa shape index (κ1) is 19.1. The molecule has 0 radical (unpaired) electrons. The number of ether oxygens (including phenoxy) is 2. The third kappa shape index (κ3) is 4.20. The molecule has 1 saturated heterocycles. The van der Waals surface area contributed by atoms with E-state index in [9.17, 15) is 4.79 Å². The van der Waals surface area contributed by atoms with Crippen molar-refractivity contribution in [1.29, 1.82) is 0 Å². The van der Waals surface area contributed by atoms with Crippen LogP contribution in [0, 0.1) is 23.7 Å². The summed E-state index contributed by atoms with van der Waals surface area (Å²) in [5, 5.41) is 3.37. The Labute approximate surface area is 172 Å². The second kappa shape index (κ2) is 8.09. The smallest absolute Gasteiger partial charge is 0.228 e. The van der Waals surface area contributed by atoms with Gasteiger partial charge in [0.2, 0.25) is 17.7 Å². The van der Waals surface area contributed by atoms with E-state index in [0.29, 0.717) is 17.7 Å². The average Bonchev–Trinajstić information content (AvgIpc) is 3.42. The van der Waals surface area contributed by atoms with Gasteiger partial charge in [0.25, 0.3) is 0 Å². The zero-order valence-electron chi connectivity index (χ0n) is 17.3. The molecule has 3 aliphatic carbocycles. The first-order chi connectivity index (χ1) is 14.2. The van der Waals surface area contributed by atoms with Gasteiger partial charge in [-0.15, -0.1) is 0 Å². The summed E-state index contributed by atoms with van der Waals surface area (Å²) < 4.78 is 11.6. The van der Waals surface area contributed by atoms with Crippen LogP contribution in [-0.4, -0.2) is 54.8 Å². The highest BCUT2D eigenvalue weighted by Gasteiger charge is 2.44. The molecule has 7 heteroatoms. The summed E-state index contributed by atoms with van der Waals surface area (Å²) in [6, 6.07) is 1.91. The van der Waals surface area contributed by atoms with Crippen molar-refractivity contribution in [3.63, 3.8) is 0 Å². The van der Waals surface area contributed by atoms with Gasteiger partial charge < -0.3 is 19.7 Å². The second-order valence-electron chi connectivity index (χ2n) is 9.35. The predicted octanol–water partition coefficient (Wildman–Crippen LogP) is 2.41. The first-order valence-electron chi connectivity index (χ1n) is 11.2. The number of anilines is 1. The topological polar surface area (TPSA) is 76.6 Å². The van der Waals surface area contributed by atoms with Crippen LogP contribution in [0.2, 0.25) is 0 Å². The third-order valence-corrected chi connectivity index (χ3v) is 7.27. The molecule has 1 amide bonds. The highest BCUT2D eigenvalue weighted by atomic mass is 16.5. The van der Waals surface area contributed by atoms with Crippen molar-refractivity contribution < 1.29 is 14.3 Å². The van der Waals surface area contributed by atoms with Crippen LogP contribution in [0.15, 0.2) is 12.3 Å². The Hall–Kier alpha value is -1.89. The van der Waals surface area contributed by atoms with Gasteiger partial charge in [0.05, 0.1) is 19.3 Å². The van der Waals surface area contributed by atoms with Crippen LogP contribution in [0.25, 0.3) is 0 Å². The lowest BCUT2D eigenvalue weighted by Crippen LogP contribution is -2.52. The maximum absolute atomic E-state index is 12.6. The Morgan fingerprint density at radius 2 is 2.00 bits per heavy atom. The number of hydrogen-bond acceptors (Lipinski definition) is 6. The number of nitrogens with zero attached hydrogens (tertiary/aromatic N) is 3. The lowest BCUT2D eigenvalue weighted by molar-refractivity contribution is -0.130. The van der Waals surface area contributed by atoms with Gasteiger partial charge in [-0.3, -0.25) is 4.79 Å². The molecule has 7 nitrogen and oxygen atoms in total. The summed E-state index contributed by atoms with van der Waals surface area (Å²) in [7, 11) is 1.63. The van der Waals surface area contributed by atoms with E-state index in [2.05, 4.69) is 20.2 Å². The van der Waals surface area contributed by atoms with Gasteiger partial charge in [0.15, 0.2) is 0 Å². The largest absolute Gasteiger partial charge is 0.481 e. The molecule has 1 aliphatic heterocycles. The normalized spacial score (nSPS) is 31.8. The Morgan fingerprint density at radius 1 is 1.21 bits per heavy atom. The van der Waals surface area contributed by atoms with E-state index >= 15 is 0 Å². The molecule has 5 rings (SSSR count). The van der Waals surface area contributed by atoms with Crippen LogP contribution in [0.3, 0.4) is 0 Å². The molecule has 1 aromatic heterocycles. The van der Waals surface area contributed by atoms with E-state index in [1.165, 1.54) is 19.3 Å². The number of nitrogens with one attached hydrogen (secondary N) is 1. The number of carbonyl (C=O) groups excluding carboxylic acids is 1. The van der Waals surface area contributed by atoms with Crippen molar-refractivity contribution in [1.82, 2.24) is 15.3 Å². The predicted molar refractivity (Wildman–Crippen MR) is 109 cm³/mol. The molecule has 4 fully saturated rings. The van der Waals surface area contributed by atoms with Gasteiger partial charge in [-0.1, -0.05) is 6.42 Å². The summed E-state index contributed by atoms with van der Waals surface area (Å²) >= 11 is 0. The summed E-state index contributed by atoms with van der Waals surface area (Å²) in [5.74, 6) is 3.64. The number of amides is 1. The zero-order chi connectivity index (χ0) is 19.8. The minimum Gasteiger partial charge on any atom is -0.481 e. The molecule has 0 bridgehead atoms. The average molecular weight is 401 g/mol. The van der Waals surface area contributed by atoms with Gasteiger partial charge >= 0.3 is 0 Å². The van der Waals surface area contributed by atoms with Crippen LogP contribution in [0.4, 0.5) is 5.95 Å². The number of aromatic nitrogens is 2. The lowest BCUT2D eigenvalue weighted by Gasteiger charge is -2.39. The summed E-state index contributed by atoms with van der Waals surface area (Å²) in [6.45, 7) is 2.73. The fourth-order valence-corrected chi connectivity index (χ4v) is 5.03. The fraction of sp³-hybridized carbons (Fsp3) is 0.773. The molecular formula is C22H32N4O3. The molecule has 29 heavy (non-hydrogen) atoms. The van der Waals surface area contributed by atoms with Crippen molar-refractivity contribution in [3.05, 3.63) is 12.3 Å². The Morgan fingerprint density at radius 3 is 2.69 bits per heavy atom. The van der Waals surface area contributed by atoms with Gasteiger partial charge in [0, 0.05) is 37.9 Å². The number of fused-ring (bicyclic) bond motifs is 1. The highest BCUT2D eigenvalue weighted by Crippen LogP contribution is 2.40. The molecule has 2 heterocycles. The van der Waals surface area contributed by atoms with Crippen LogP contribution in [0.1, 0.15) is 44.9 Å². The molecule has 0 aromatic carbocycles. The lowest BCUT2D eigenvalue weighted by atomic mass is 9.76. The van der Waals surface area contributed by atoms with E-state index in [1.54, 1.807) is 19.4 Å². The standard InChI is InChI=1S/C22H32N4O3/c1-28-20-7-8-23-22(25-20)26-11-16-9-18(24-21(27)15-3-2-4-15)19(10-17(16)12-26)29-13-14-5-6-14/h7-8,14-19H,2-6,9-13H2,1H3,(H,24,27)/t16-,17+,18-,19-/m0/s1. The van der Waals surface area contributed by atoms with Crippen LogP contribution < -0.4 is 15.0 Å².